The van der Waals surface area contributed by atoms with E-state index >= 15 is 0 Å². The maximum atomic E-state index is 12.5. The Bertz CT molecular complexity index is 1180. The molecule has 1 heterocycles. The van der Waals surface area contributed by atoms with Gasteiger partial charge >= 0.3 is 0 Å². The highest BCUT2D eigenvalue weighted by atomic mass is 79.9. The molecule has 1 unspecified atom stereocenters. The average molecular weight is 449 g/mol. The molecule has 1 N–H and O–H groups in total. The lowest BCUT2D eigenvalue weighted by Crippen LogP contribution is -2.11. The lowest BCUT2D eigenvalue weighted by atomic mass is 9.98. The van der Waals surface area contributed by atoms with E-state index in [1.54, 1.807) is 12.1 Å². The Morgan fingerprint density at radius 2 is 1.93 bits per heavy atom. The van der Waals surface area contributed by atoms with Crippen LogP contribution in [0.15, 0.2) is 75.6 Å². The third-order valence-electron chi connectivity index (χ3n) is 5.05. The summed E-state index contributed by atoms with van der Waals surface area (Å²) in [5, 5.41) is 2.93. The molecule has 0 aliphatic heterocycles. The number of hydrogen-bond donors (Lipinski definition) is 1. The van der Waals surface area contributed by atoms with Gasteiger partial charge in [-0.2, -0.15) is 0 Å². The molecule has 0 saturated heterocycles. The summed E-state index contributed by atoms with van der Waals surface area (Å²) in [6.07, 6.45) is 1.08. The number of aromatic nitrogens is 1. The number of amides is 1. The summed E-state index contributed by atoms with van der Waals surface area (Å²) in [6.45, 7) is 4.39. The van der Waals surface area contributed by atoms with E-state index in [2.05, 4.69) is 52.2 Å². The minimum absolute atomic E-state index is 0.167. The largest absolute Gasteiger partial charge is 0.436 e. The zero-order valence-corrected chi connectivity index (χ0v) is 17.9. The van der Waals surface area contributed by atoms with Crippen LogP contribution < -0.4 is 5.32 Å². The van der Waals surface area contributed by atoms with E-state index in [-0.39, 0.29) is 5.91 Å². The number of halogens is 1. The van der Waals surface area contributed by atoms with Gasteiger partial charge in [0.15, 0.2) is 5.58 Å². The van der Waals surface area contributed by atoms with Crippen molar-refractivity contribution in [2.75, 3.05) is 5.32 Å². The van der Waals surface area contributed by atoms with Gasteiger partial charge in [-0.05, 0) is 66.4 Å². The molecule has 1 aromatic heterocycles. The van der Waals surface area contributed by atoms with Crippen LogP contribution in [0, 0.1) is 0 Å². The smallest absolute Gasteiger partial charge is 0.255 e. The predicted molar refractivity (Wildman–Crippen MR) is 120 cm³/mol. The fraction of sp³-hybridized carbons (Fsp3) is 0.167. The maximum Gasteiger partial charge on any atom is 0.255 e. The van der Waals surface area contributed by atoms with Crippen LogP contribution in [0.3, 0.4) is 0 Å². The van der Waals surface area contributed by atoms with Crippen molar-refractivity contribution < 1.29 is 9.21 Å². The minimum Gasteiger partial charge on any atom is -0.436 e. The normalized spacial score (nSPS) is 12.1. The van der Waals surface area contributed by atoms with Crippen molar-refractivity contribution in [2.45, 2.75) is 26.2 Å². The van der Waals surface area contributed by atoms with Crippen molar-refractivity contribution in [3.05, 3.63) is 82.3 Å². The monoisotopic (exact) mass is 448 g/mol. The number of fused-ring (bicyclic) bond motifs is 1. The van der Waals surface area contributed by atoms with Gasteiger partial charge in [-0.1, -0.05) is 48.0 Å². The van der Waals surface area contributed by atoms with E-state index in [0.29, 0.717) is 23.1 Å². The van der Waals surface area contributed by atoms with E-state index < -0.39 is 0 Å². The van der Waals surface area contributed by atoms with Crippen LogP contribution in [-0.4, -0.2) is 10.9 Å². The molecule has 0 saturated carbocycles. The second-order valence-corrected chi connectivity index (χ2v) is 8.02. The summed E-state index contributed by atoms with van der Waals surface area (Å²) >= 11 is 3.39. The van der Waals surface area contributed by atoms with Crippen molar-refractivity contribution in [3.8, 4) is 11.5 Å². The van der Waals surface area contributed by atoms with Gasteiger partial charge in [0.1, 0.15) is 5.52 Å². The summed E-state index contributed by atoms with van der Waals surface area (Å²) in [4.78, 5) is 17.2. The van der Waals surface area contributed by atoms with Crippen molar-refractivity contribution in [2.24, 2.45) is 0 Å². The first-order valence-electron chi connectivity index (χ1n) is 9.61. The molecule has 4 nitrogen and oxygen atoms in total. The molecule has 3 aromatic carbocycles. The first kappa shape index (κ1) is 19.4. The van der Waals surface area contributed by atoms with Crippen LogP contribution in [0.4, 0.5) is 5.69 Å². The molecule has 0 spiro atoms. The summed E-state index contributed by atoms with van der Waals surface area (Å²) in [7, 11) is 0. The number of carbonyl (C=O) groups is 1. The number of carbonyl (C=O) groups excluding carboxylic acids is 1. The third-order valence-corrected chi connectivity index (χ3v) is 5.54. The molecule has 1 amide bonds. The van der Waals surface area contributed by atoms with Gasteiger partial charge < -0.3 is 9.73 Å². The average Bonchev–Trinajstić information content (AvgIpc) is 3.17. The predicted octanol–water partition coefficient (Wildman–Crippen LogP) is 7.02. The molecule has 146 valence electrons. The molecule has 5 heteroatoms. The Balaban J connectivity index is 1.60. The van der Waals surface area contributed by atoms with Crippen molar-refractivity contribution in [1.82, 2.24) is 4.98 Å². The number of hydrogen-bond acceptors (Lipinski definition) is 3. The van der Waals surface area contributed by atoms with Crippen molar-refractivity contribution in [1.29, 1.82) is 0 Å². The molecule has 1 atom stereocenters. The van der Waals surface area contributed by atoms with E-state index in [0.717, 1.165) is 27.6 Å². The second kappa shape index (κ2) is 8.21. The summed E-state index contributed by atoms with van der Waals surface area (Å²) in [6, 6.07) is 21.0. The molecule has 4 rings (SSSR count). The Labute approximate surface area is 178 Å². The van der Waals surface area contributed by atoms with Crippen LogP contribution in [0.1, 0.15) is 42.1 Å². The SMILES string of the molecule is CCC(C)c1ccc2oc(-c3cccc(NC(=O)c4cccc(Br)c4)c3)nc2c1. The standard InChI is InChI=1S/C24H21BrN2O2/c1-3-15(2)16-10-11-22-21(14-16)27-24(29-22)18-7-5-9-20(13-18)26-23(28)17-6-4-8-19(25)12-17/h4-15H,3H2,1-2H3,(H,26,28). The van der Waals surface area contributed by atoms with E-state index in [1.165, 1.54) is 5.56 Å². The first-order valence-corrected chi connectivity index (χ1v) is 10.4. The number of nitrogens with zero attached hydrogens (tertiary/aromatic N) is 1. The second-order valence-electron chi connectivity index (χ2n) is 7.10. The minimum atomic E-state index is -0.167. The van der Waals surface area contributed by atoms with Gasteiger partial charge in [0, 0.05) is 21.3 Å². The first-order chi connectivity index (χ1) is 14.0. The number of nitrogens with one attached hydrogen (secondary N) is 1. The molecule has 0 aliphatic carbocycles. The van der Waals surface area contributed by atoms with Gasteiger partial charge in [0.25, 0.3) is 5.91 Å². The van der Waals surface area contributed by atoms with Crippen LogP contribution in [0.5, 0.6) is 0 Å². The fourth-order valence-electron chi connectivity index (χ4n) is 3.17. The van der Waals surface area contributed by atoms with Crippen molar-refractivity contribution >= 4 is 38.6 Å². The van der Waals surface area contributed by atoms with E-state index in [4.69, 9.17) is 4.42 Å². The topological polar surface area (TPSA) is 55.1 Å². The number of benzene rings is 3. The zero-order valence-electron chi connectivity index (χ0n) is 16.3. The molecule has 0 aliphatic rings. The van der Waals surface area contributed by atoms with Gasteiger partial charge in [0.05, 0.1) is 0 Å². The Kier molecular flexibility index (Phi) is 5.49. The molecular weight excluding hydrogens is 428 g/mol. The maximum absolute atomic E-state index is 12.5. The number of anilines is 1. The van der Waals surface area contributed by atoms with Gasteiger partial charge in [-0.25, -0.2) is 4.98 Å². The highest BCUT2D eigenvalue weighted by molar-refractivity contribution is 9.10. The van der Waals surface area contributed by atoms with E-state index in [1.807, 2.05) is 42.5 Å². The molecule has 0 radical (unpaired) electrons. The third kappa shape index (κ3) is 4.25. The molecule has 4 aromatic rings. The summed E-state index contributed by atoms with van der Waals surface area (Å²) in [5.41, 5.74) is 4.96. The van der Waals surface area contributed by atoms with E-state index in [9.17, 15) is 4.79 Å². The lowest BCUT2D eigenvalue weighted by molar-refractivity contribution is 0.102. The quantitative estimate of drug-likeness (QED) is 0.356. The Morgan fingerprint density at radius 1 is 1.10 bits per heavy atom. The highest BCUT2D eigenvalue weighted by Crippen LogP contribution is 2.29. The van der Waals surface area contributed by atoms with Crippen LogP contribution in [0.2, 0.25) is 0 Å². The highest BCUT2D eigenvalue weighted by Gasteiger charge is 2.12. The molecule has 29 heavy (non-hydrogen) atoms. The lowest BCUT2D eigenvalue weighted by Gasteiger charge is -2.07. The summed E-state index contributed by atoms with van der Waals surface area (Å²) in [5.74, 6) is 0.857. The molecule has 0 bridgehead atoms. The molecule has 0 fully saturated rings. The van der Waals surface area contributed by atoms with Gasteiger partial charge in [0.2, 0.25) is 5.89 Å². The zero-order chi connectivity index (χ0) is 20.4. The van der Waals surface area contributed by atoms with Crippen molar-refractivity contribution in [3.63, 3.8) is 0 Å². The fourth-order valence-corrected chi connectivity index (χ4v) is 3.57. The van der Waals surface area contributed by atoms with Crippen LogP contribution >= 0.6 is 15.9 Å². The van der Waals surface area contributed by atoms with Gasteiger partial charge in [-0.15, -0.1) is 0 Å². The number of rotatable bonds is 5. The number of oxazole rings is 1. The Hall–Kier alpha value is -2.92. The summed E-state index contributed by atoms with van der Waals surface area (Å²) < 4.78 is 6.82. The van der Waals surface area contributed by atoms with Crippen LogP contribution in [-0.2, 0) is 0 Å². The van der Waals surface area contributed by atoms with Gasteiger partial charge in [-0.3, -0.25) is 4.79 Å². The van der Waals surface area contributed by atoms with Crippen LogP contribution in [0.25, 0.3) is 22.6 Å². The Morgan fingerprint density at radius 3 is 2.72 bits per heavy atom. The molecular formula is C24H21BrN2O2.